The number of hydrogen-bond acceptors (Lipinski definition) is 4. The highest BCUT2D eigenvalue weighted by atomic mass is 16.1. The third-order valence-corrected chi connectivity index (χ3v) is 6.05. The molecule has 1 saturated carbocycles. The molecule has 0 saturated heterocycles. The van der Waals surface area contributed by atoms with Crippen LogP contribution in [0.15, 0.2) is 85.5 Å². The van der Waals surface area contributed by atoms with Crippen molar-refractivity contribution in [1.29, 1.82) is 0 Å². The number of aromatic nitrogens is 4. The van der Waals surface area contributed by atoms with Crippen LogP contribution in [-0.2, 0) is 5.41 Å². The first-order valence-electron chi connectivity index (χ1n) is 10.3. The van der Waals surface area contributed by atoms with Crippen LogP contribution >= 0.6 is 0 Å². The molecule has 0 spiro atoms. The zero-order chi connectivity index (χ0) is 20.8. The highest BCUT2D eigenvalue weighted by Gasteiger charge is 2.48. The van der Waals surface area contributed by atoms with Crippen molar-refractivity contribution in [2.75, 3.05) is 5.32 Å². The first-order chi connectivity index (χ1) is 15.2. The van der Waals surface area contributed by atoms with Gasteiger partial charge in [0, 0.05) is 28.8 Å². The number of hydrogen-bond donors (Lipinski definition) is 1. The zero-order valence-corrected chi connectivity index (χ0v) is 16.7. The van der Waals surface area contributed by atoms with Crippen LogP contribution in [0, 0.1) is 0 Å². The average Bonchev–Trinajstić information content (AvgIpc) is 3.52. The second-order valence-corrected chi connectivity index (χ2v) is 7.97. The van der Waals surface area contributed by atoms with Crippen molar-refractivity contribution in [2.24, 2.45) is 0 Å². The number of fused-ring (bicyclic) bond motifs is 2. The van der Waals surface area contributed by atoms with Gasteiger partial charge in [-0.05, 0) is 48.7 Å². The fourth-order valence-electron chi connectivity index (χ4n) is 4.28. The van der Waals surface area contributed by atoms with Gasteiger partial charge in [0.05, 0.1) is 29.3 Å². The van der Waals surface area contributed by atoms with Gasteiger partial charge in [-0.1, -0.05) is 30.3 Å². The minimum atomic E-state index is -0.161. The molecule has 150 valence electrons. The number of benzene rings is 2. The first kappa shape index (κ1) is 17.8. The molecule has 1 N–H and O–H groups in total. The van der Waals surface area contributed by atoms with Crippen LogP contribution in [-0.4, -0.2) is 25.3 Å². The molecular weight excluding hydrogens is 386 g/mol. The van der Waals surface area contributed by atoms with Crippen molar-refractivity contribution < 1.29 is 4.79 Å². The molecule has 0 unspecified atom stereocenters. The van der Waals surface area contributed by atoms with Crippen LogP contribution in [0.2, 0.25) is 0 Å². The Morgan fingerprint density at radius 2 is 1.77 bits per heavy atom. The summed E-state index contributed by atoms with van der Waals surface area (Å²) in [7, 11) is 0. The van der Waals surface area contributed by atoms with Gasteiger partial charge in [0.1, 0.15) is 0 Å². The van der Waals surface area contributed by atoms with Gasteiger partial charge >= 0.3 is 0 Å². The normalized spacial score (nSPS) is 14.6. The molecule has 0 radical (unpaired) electrons. The minimum absolute atomic E-state index is 0.0901. The predicted octanol–water partition coefficient (Wildman–Crippen LogP) is 4.61. The number of rotatable bonds is 4. The number of nitrogens with one attached hydrogen (secondary N) is 1. The molecule has 1 amide bonds. The van der Waals surface area contributed by atoms with Crippen molar-refractivity contribution in [2.45, 2.75) is 18.3 Å². The van der Waals surface area contributed by atoms with Crippen molar-refractivity contribution in [3.63, 3.8) is 0 Å². The molecule has 6 rings (SSSR count). The van der Waals surface area contributed by atoms with E-state index in [1.54, 1.807) is 18.3 Å². The minimum Gasteiger partial charge on any atom is -0.319 e. The smallest absolute Gasteiger partial charge is 0.255 e. The maximum Gasteiger partial charge on any atom is 0.255 e. The molecule has 5 aromatic rings. The summed E-state index contributed by atoms with van der Waals surface area (Å²) in [5.41, 5.74) is 4.50. The Balaban J connectivity index is 1.39. The molecule has 1 aliphatic carbocycles. The van der Waals surface area contributed by atoms with Gasteiger partial charge in [-0.15, -0.1) is 0 Å². The molecule has 0 bridgehead atoms. The summed E-state index contributed by atoms with van der Waals surface area (Å²) in [5.74, 6) is 0.466. The molecule has 0 atom stereocenters. The lowest BCUT2D eigenvalue weighted by molar-refractivity contribution is 0.102. The van der Waals surface area contributed by atoms with Gasteiger partial charge in [-0.3, -0.25) is 14.2 Å². The van der Waals surface area contributed by atoms with Crippen LogP contribution in [0.25, 0.3) is 16.7 Å². The molecule has 3 aromatic heterocycles. The predicted molar refractivity (Wildman–Crippen MR) is 119 cm³/mol. The van der Waals surface area contributed by atoms with Crippen LogP contribution < -0.4 is 5.32 Å². The SMILES string of the molecule is O=C(Nc1cnc2ncc(C3(c4ccc5ncccc5c4)CC3)n2c1)c1ccccc1. The van der Waals surface area contributed by atoms with Crippen LogP contribution in [0.5, 0.6) is 0 Å². The Kier molecular flexibility index (Phi) is 3.86. The Morgan fingerprint density at radius 3 is 2.61 bits per heavy atom. The van der Waals surface area contributed by atoms with Gasteiger partial charge in [0.2, 0.25) is 5.78 Å². The maximum absolute atomic E-state index is 12.6. The number of nitrogens with zero attached hydrogens (tertiary/aromatic N) is 4. The highest BCUT2D eigenvalue weighted by molar-refractivity contribution is 6.04. The summed E-state index contributed by atoms with van der Waals surface area (Å²) in [5, 5.41) is 4.08. The third-order valence-electron chi connectivity index (χ3n) is 6.05. The quantitative estimate of drug-likeness (QED) is 0.474. The van der Waals surface area contributed by atoms with E-state index in [9.17, 15) is 4.79 Å². The molecule has 1 aliphatic rings. The third kappa shape index (κ3) is 2.95. The second-order valence-electron chi connectivity index (χ2n) is 7.97. The standard InChI is InChI=1S/C25H19N5O/c31-23(17-5-2-1-3-6-17)29-20-14-27-24-28-15-22(30(24)16-20)25(10-11-25)19-8-9-21-18(13-19)7-4-12-26-21/h1-9,12-16H,10-11H2,(H,29,31). The molecule has 2 aromatic carbocycles. The van der Waals surface area contributed by atoms with E-state index in [0.717, 1.165) is 29.4 Å². The monoisotopic (exact) mass is 405 g/mol. The van der Waals surface area contributed by atoms with Crippen LogP contribution in [0.3, 0.4) is 0 Å². The fraction of sp³-hybridized carbons (Fsp3) is 0.120. The van der Waals surface area contributed by atoms with E-state index in [0.29, 0.717) is 17.0 Å². The molecule has 31 heavy (non-hydrogen) atoms. The Labute approximate surface area is 178 Å². The van der Waals surface area contributed by atoms with Gasteiger partial charge in [0.15, 0.2) is 0 Å². The van der Waals surface area contributed by atoms with Crippen molar-refractivity contribution in [1.82, 2.24) is 19.4 Å². The summed E-state index contributed by atoms with van der Waals surface area (Å²) in [6.07, 6.45) is 9.38. The summed E-state index contributed by atoms with van der Waals surface area (Å²) >= 11 is 0. The van der Waals surface area contributed by atoms with Crippen LogP contribution in [0.1, 0.15) is 34.5 Å². The second kappa shape index (κ2) is 6.74. The van der Waals surface area contributed by atoms with Gasteiger partial charge in [-0.2, -0.15) is 0 Å². The number of carbonyl (C=O) groups excluding carboxylic acids is 1. The van der Waals surface area contributed by atoms with E-state index in [2.05, 4.69) is 44.5 Å². The van der Waals surface area contributed by atoms with E-state index in [1.165, 1.54) is 5.56 Å². The number of anilines is 1. The van der Waals surface area contributed by atoms with Gasteiger partial charge < -0.3 is 5.32 Å². The summed E-state index contributed by atoms with van der Waals surface area (Å²) < 4.78 is 2.00. The zero-order valence-electron chi connectivity index (χ0n) is 16.7. The maximum atomic E-state index is 12.6. The van der Waals surface area contributed by atoms with Gasteiger partial charge in [0.25, 0.3) is 5.91 Å². The molecule has 6 nitrogen and oxygen atoms in total. The molecule has 6 heteroatoms. The molecular formula is C25H19N5O. The average molecular weight is 405 g/mol. The Morgan fingerprint density at radius 1 is 0.935 bits per heavy atom. The van der Waals surface area contributed by atoms with Crippen molar-refractivity contribution in [3.05, 3.63) is 102 Å². The van der Waals surface area contributed by atoms with Crippen LogP contribution in [0.4, 0.5) is 5.69 Å². The Bertz CT molecular complexity index is 1440. The first-order valence-corrected chi connectivity index (χ1v) is 10.3. The lowest BCUT2D eigenvalue weighted by Gasteiger charge is -2.16. The molecule has 1 fully saturated rings. The van der Waals surface area contributed by atoms with Crippen molar-refractivity contribution >= 4 is 28.3 Å². The van der Waals surface area contributed by atoms with Crippen molar-refractivity contribution in [3.8, 4) is 0 Å². The largest absolute Gasteiger partial charge is 0.319 e. The lowest BCUT2D eigenvalue weighted by atomic mass is 9.91. The van der Waals surface area contributed by atoms with E-state index < -0.39 is 0 Å². The summed E-state index contributed by atoms with van der Waals surface area (Å²) in [6, 6.07) is 19.7. The lowest BCUT2D eigenvalue weighted by Crippen LogP contribution is -2.14. The summed E-state index contributed by atoms with van der Waals surface area (Å²) in [4.78, 5) is 26.0. The highest BCUT2D eigenvalue weighted by Crippen LogP contribution is 2.53. The van der Waals surface area contributed by atoms with Gasteiger partial charge in [-0.25, -0.2) is 9.97 Å². The van der Waals surface area contributed by atoms with E-state index in [4.69, 9.17) is 0 Å². The number of carbonyl (C=O) groups is 1. The number of amides is 1. The number of imidazole rings is 1. The van der Waals surface area contributed by atoms with E-state index >= 15 is 0 Å². The molecule has 0 aliphatic heterocycles. The topological polar surface area (TPSA) is 72.2 Å². The molecule has 3 heterocycles. The fourth-order valence-corrected chi connectivity index (χ4v) is 4.28. The van der Waals surface area contributed by atoms with E-state index in [-0.39, 0.29) is 11.3 Å². The Hall–Kier alpha value is -4.06. The number of pyridine rings is 1. The summed E-state index contributed by atoms with van der Waals surface area (Å²) in [6.45, 7) is 0. The van der Waals surface area contributed by atoms with E-state index in [1.807, 2.05) is 47.3 Å².